The zero-order valence-corrected chi connectivity index (χ0v) is 14.5. The molecule has 27 heavy (non-hydrogen) atoms. The monoisotopic (exact) mass is 380 g/mol. The lowest BCUT2D eigenvalue weighted by Gasteiger charge is -2.29. The lowest BCUT2D eigenvalue weighted by Crippen LogP contribution is -2.36. The number of hydrogen-bond donors (Lipinski definition) is 0. The molecule has 0 bridgehead atoms. The Bertz CT molecular complexity index is 1000. The molecular formula is C16H15F3N6O2. The second kappa shape index (κ2) is 6.25. The van der Waals surface area contributed by atoms with Gasteiger partial charge < -0.3 is 18.9 Å². The molecule has 0 aliphatic carbocycles. The Morgan fingerprint density at radius 2 is 1.74 bits per heavy atom. The lowest BCUT2D eigenvalue weighted by molar-refractivity contribution is -0.147. The highest BCUT2D eigenvalue weighted by atomic mass is 19.4. The van der Waals surface area contributed by atoms with Crippen molar-refractivity contribution in [3.63, 3.8) is 0 Å². The molecule has 142 valence electrons. The smallest absolute Gasteiger partial charge is 0.451 e. The second-order valence-electron chi connectivity index (χ2n) is 5.93. The first-order valence-electron chi connectivity index (χ1n) is 8.03. The molecule has 4 rings (SSSR count). The van der Waals surface area contributed by atoms with Crippen LogP contribution < -0.4 is 14.4 Å². The molecular weight excluding hydrogens is 365 g/mol. The van der Waals surface area contributed by atoms with Gasteiger partial charge in [-0.15, -0.1) is 10.2 Å². The van der Waals surface area contributed by atoms with Crippen LogP contribution >= 0.6 is 0 Å². The van der Waals surface area contributed by atoms with Crippen LogP contribution in [-0.2, 0) is 19.3 Å². The maximum absolute atomic E-state index is 13.0. The number of aromatic nitrogens is 5. The Labute approximate surface area is 151 Å². The summed E-state index contributed by atoms with van der Waals surface area (Å²) in [6.45, 7) is 0.591. The standard InChI is InChI=1S/C16H15F3N6O2/c1-26-11-5-9-10(6-12(11)27-2)20-8-21-14(9)24-3-4-25-13(7-24)22-23-15(25)16(17,18)19/h5-6,8H,3-4,7H2,1-2H3. The molecule has 1 aliphatic rings. The average Bonchev–Trinajstić information content (AvgIpc) is 3.09. The van der Waals surface area contributed by atoms with E-state index >= 15 is 0 Å². The topological polar surface area (TPSA) is 78.2 Å². The number of benzene rings is 1. The molecule has 0 saturated carbocycles. The summed E-state index contributed by atoms with van der Waals surface area (Å²) in [5.41, 5.74) is 0.640. The summed E-state index contributed by atoms with van der Waals surface area (Å²) in [7, 11) is 3.05. The molecule has 1 aliphatic heterocycles. The van der Waals surface area contributed by atoms with Crippen molar-refractivity contribution in [3.8, 4) is 11.5 Å². The van der Waals surface area contributed by atoms with Gasteiger partial charge in [0, 0.05) is 24.5 Å². The van der Waals surface area contributed by atoms with Gasteiger partial charge in [0.15, 0.2) is 17.3 Å². The molecule has 0 fully saturated rings. The van der Waals surface area contributed by atoms with Crippen molar-refractivity contribution in [2.24, 2.45) is 0 Å². The van der Waals surface area contributed by atoms with Gasteiger partial charge in [-0.05, 0) is 6.07 Å². The van der Waals surface area contributed by atoms with E-state index in [2.05, 4.69) is 20.2 Å². The number of ether oxygens (including phenoxy) is 2. The number of rotatable bonds is 3. The summed E-state index contributed by atoms with van der Waals surface area (Å²) in [4.78, 5) is 10.4. The summed E-state index contributed by atoms with van der Waals surface area (Å²) < 4.78 is 50.7. The first-order chi connectivity index (χ1) is 12.9. The summed E-state index contributed by atoms with van der Waals surface area (Å²) in [5.74, 6) is 0.893. The lowest BCUT2D eigenvalue weighted by atomic mass is 10.2. The minimum absolute atomic E-state index is 0.107. The van der Waals surface area contributed by atoms with Crippen LogP contribution in [0.3, 0.4) is 0 Å². The Morgan fingerprint density at radius 1 is 1.00 bits per heavy atom. The number of nitrogens with zero attached hydrogens (tertiary/aromatic N) is 6. The minimum atomic E-state index is -4.53. The van der Waals surface area contributed by atoms with Gasteiger partial charge >= 0.3 is 6.18 Å². The largest absolute Gasteiger partial charge is 0.493 e. The quantitative estimate of drug-likeness (QED) is 0.690. The summed E-state index contributed by atoms with van der Waals surface area (Å²) >= 11 is 0. The molecule has 0 unspecified atom stereocenters. The maximum Gasteiger partial charge on any atom is 0.451 e. The Kier molecular flexibility index (Phi) is 4.01. The highest BCUT2D eigenvalue weighted by Crippen LogP contribution is 2.36. The fraction of sp³-hybridized carbons (Fsp3) is 0.375. The van der Waals surface area contributed by atoms with E-state index in [-0.39, 0.29) is 18.9 Å². The molecule has 0 N–H and O–H groups in total. The summed E-state index contributed by atoms with van der Waals surface area (Å²) in [6, 6.07) is 3.48. The highest BCUT2D eigenvalue weighted by molar-refractivity contribution is 5.92. The molecule has 0 radical (unpaired) electrons. The zero-order valence-electron chi connectivity index (χ0n) is 14.5. The summed E-state index contributed by atoms with van der Waals surface area (Å²) in [6.07, 6.45) is -3.12. The number of hydrogen-bond acceptors (Lipinski definition) is 7. The molecule has 0 atom stereocenters. The second-order valence-corrected chi connectivity index (χ2v) is 5.93. The van der Waals surface area contributed by atoms with Crippen molar-refractivity contribution in [2.45, 2.75) is 19.3 Å². The van der Waals surface area contributed by atoms with Crippen LogP contribution in [0.15, 0.2) is 18.5 Å². The van der Waals surface area contributed by atoms with Gasteiger partial charge in [0.1, 0.15) is 12.1 Å². The van der Waals surface area contributed by atoms with Crippen LogP contribution in [0.5, 0.6) is 11.5 Å². The van der Waals surface area contributed by atoms with Gasteiger partial charge in [0.05, 0.1) is 26.3 Å². The molecule has 11 heteroatoms. The van der Waals surface area contributed by atoms with Crippen molar-refractivity contribution in [1.82, 2.24) is 24.7 Å². The van der Waals surface area contributed by atoms with E-state index < -0.39 is 12.0 Å². The van der Waals surface area contributed by atoms with Gasteiger partial charge in [-0.3, -0.25) is 0 Å². The molecule has 3 aromatic rings. The van der Waals surface area contributed by atoms with Crippen molar-refractivity contribution >= 4 is 16.7 Å². The van der Waals surface area contributed by atoms with Crippen molar-refractivity contribution in [1.29, 1.82) is 0 Å². The first-order valence-corrected chi connectivity index (χ1v) is 8.03. The maximum atomic E-state index is 13.0. The summed E-state index contributed by atoms with van der Waals surface area (Å²) in [5, 5.41) is 7.71. The highest BCUT2D eigenvalue weighted by Gasteiger charge is 2.39. The molecule has 0 spiro atoms. The number of halogens is 3. The fourth-order valence-electron chi connectivity index (χ4n) is 3.17. The number of anilines is 1. The molecule has 0 saturated heterocycles. The van der Waals surface area contributed by atoms with Crippen LogP contribution in [0.2, 0.25) is 0 Å². The van der Waals surface area contributed by atoms with E-state index in [1.54, 1.807) is 12.1 Å². The van der Waals surface area contributed by atoms with E-state index in [0.717, 1.165) is 4.57 Å². The van der Waals surface area contributed by atoms with Gasteiger partial charge in [-0.1, -0.05) is 0 Å². The van der Waals surface area contributed by atoms with E-state index in [4.69, 9.17) is 9.47 Å². The Morgan fingerprint density at radius 3 is 2.44 bits per heavy atom. The Balaban J connectivity index is 1.74. The molecule has 0 amide bonds. The molecule has 2 aromatic heterocycles. The molecule has 3 heterocycles. The van der Waals surface area contributed by atoms with Gasteiger partial charge in [-0.25, -0.2) is 9.97 Å². The van der Waals surface area contributed by atoms with Crippen LogP contribution in [0.25, 0.3) is 10.9 Å². The van der Waals surface area contributed by atoms with E-state index in [1.165, 1.54) is 20.5 Å². The first kappa shape index (κ1) is 17.3. The van der Waals surface area contributed by atoms with Crippen LogP contribution in [0, 0.1) is 0 Å². The van der Waals surface area contributed by atoms with Gasteiger partial charge in [0.2, 0.25) is 5.82 Å². The predicted molar refractivity (Wildman–Crippen MR) is 88.7 cm³/mol. The van der Waals surface area contributed by atoms with Crippen molar-refractivity contribution < 1.29 is 22.6 Å². The number of alkyl halides is 3. The molecule has 1 aromatic carbocycles. The zero-order chi connectivity index (χ0) is 19.2. The van der Waals surface area contributed by atoms with Gasteiger partial charge in [0.25, 0.3) is 0 Å². The number of fused-ring (bicyclic) bond motifs is 2. The predicted octanol–water partition coefficient (Wildman–Crippen LogP) is 2.28. The van der Waals surface area contributed by atoms with E-state index in [1.807, 2.05) is 4.90 Å². The normalized spacial score (nSPS) is 14.3. The SMILES string of the molecule is COc1cc2ncnc(N3CCn4c(nnc4C(F)(F)F)C3)c2cc1OC. The third kappa shape index (κ3) is 2.88. The third-order valence-electron chi connectivity index (χ3n) is 4.43. The van der Waals surface area contributed by atoms with Crippen LogP contribution in [-0.4, -0.2) is 45.5 Å². The Hall–Kier alpha value is -3.11. The van der Waals surface area contributed by atoms with Crippen molar-refractivity contribution in [2.75, 3.05) is 25.7 Å². The van der Waals surface area contributed by atoms with Crippen LogP contribution in [0.1, 0.15) is 11.6 Å². The number of methoxy groups -OCH3 is 2. The van der Waals surface area contributed by atoms with Crippen molar-refractivity contribution in [3.05, 3.63) is 30.1 Å². The fourth-order valence-corrected chi connectivity index (χ4v) is 3.17. The third-order valence-corrected chi connectivity index (χ3v) is 4.43. The minimum Gasteiger partial charge on any atom is -0.493 e. The average molecular weight is 380 g/mol. The van der Waals surface area contributed by atoms with Gasteiger partial charge in [-0.2, -0.15) is 13.2 Å². The van der Waals surface area contributed by atoms with E-state index in [0.29, 0.717) is 34.8 Å². The molecule has 8 nitrogen and oxygen atoms in total. The van der Waals surface area contributed by atoms with E-state index in [9.17, 15) is 13.2 Å². The van der Waals surface area contributed by atoms with Crippen LogP contribution in [0.4, 0.5) is 19.0 Å².